The van der Waals surface area contributed by atoms with Gasteiger partial charge in [-0.2, -0.15) is 0 Å². The second-order valence-electron chi connectivity index (χ2n) is 7.02. The van der Waals surface area contributed by atoms with Crippen LogP contribution in [0.15, 0.2) is 42.5 Å². The molecule has 2 nitrogen and oxygen atoms in total. The van der Waals surface area contributed by atoms with Crippen molar-refractivity contribution < 1.29 is 9.47 Å². The standard InChI is InChI=1S/C20H24O2/c1-14(2)16-7-5-15(6-8-16)12-20(3,4)17-9-10-18-19(11-17)22-13-21-18/h5-11,14H,12-13H2,1-4H3. The highest BCUT2D eigenvalue weighted by Crippen LogP contribution is 2.37. The Morgan fingerprint density at radius 2 is 1.64 bits per heavy atom. The molecule has 0 aromatic heterocycles. The van der Waals surface area contributed by atoms with Crippen LogP contribution in [0.5, 0.6) is 11.5 Å². The van der Waals surface area contributed by atoms with Crippen molar-refractivity contribution in [1.29, 1.82) is 0 Å². The summed E-state index contributed by atoms with van der Waals surface area (Å²) < 4.78 is 10.9. The molecule has 0 fully saturated rings. The van der Waals surface area contributed by atoms with Crippen LogP contribution < -0.4 is 9.47 Å². The quantitative estimate of drug-likeness (QED) is 0.785. The Labute approximate surface area is 133 Å². The summed E-state index contributed by atoms with van der Waals surface area (Å²) in [6.45, 7) is 9.34. The third-order valence-electron chi connectivity index (χ3n) is 4.45. The van der Waals surface area contributed by atoms with Gasteiger partial charge in [-0.05, 0) is 46.6 Å². The lowest BCUT2D eigenvalue weighted by Gasteiger charge is -2.26. The summed E-state index contributed by atoms with van der Waals surface area (Å²) in [6.07, 6.45) is 1.00. The van der Waals surface area contributed by atoms with E-state index in [1.807, 2.05) is 6.07 Å². The highest BCUT2D eigenvalue weighted by atomic mass is 16.7. The van der Waals surface area contributed by atoms with Gasteiger partial charge in [-0.1, -0.05) is 58.0 Å². The number of benzene rings is 2. The second-order valence-corrected chi connectivity index (χ2v) is 7.02. The Morgan fingerprint density at radius 3 is 2.32 bits per heavy atom. The molecule has 0 amide bonds. The van der Waals surface area contributed by atoms with Crippen molar-refractivity contribution in [2.45, 2.75) is 45.4 Å². The molecule has 0 saturated heterocycles. The summed E-state index contributed by atoms with van der Waals surface area (Å²) in [4.78, 5) is 0. The lowest BCUT2D eigenvalue weighted by Crippen LogP contribution is -2.20. The Hall–Kier alpha value is -1.96. The predicted octanol–water partition coefficient (Wildman–Crippen LogP) is 5.06. The topological polar surface area (TPSA) is 18.5 Å². The van der Waals surface area contributed by atoms with Gasteiger partial charge in [-0.15, -0.1) is 0 Å². The van der Waals surface area contributed by atoms with Crippen LogP contribution >= 0.6 is 0 Å². The van der Waals surface area contributed by atoms with Crippen molar-refractivity contribution in [3.63, 3.8) is 0 Å². The predicted molar refractivity (Wildman–Crippen MR) is 89.8 cm³/mol. The molecule has 0 N–H and O–H groups in total. The molecule has 2 heteroatoms. The molecule has 0 aliphatic carbocycles. The molecule has 0 unspecified atom stereocenters. The summed E-state index contributed by atoms with van der Waals surface area (Å²) in [6, 6.07) is 15.3. The van der Waals surface area contributed by atoms with Gasteiger partial charge in [-0.25, -0.2) is 0 Å². The maximum absolute atomic E-state index is 5.50. The molecule has 0 saturated carbocycles. The summed E-state index contributed by atoms with van der Waals surface area (Å²) in [5.74, 6) is 2.29. The molecule has 0 atom stereocenters. The molecule has 0 bridgehead atoms. The smallest absolute Gasteiger partial charge is 0.231 e. The Morgan fingerprint density at radius 1 is 0.955 bits per heavy atom. The first-order valence-corrected chi connectivity index (χ1v) is 7.95. The van der Waals surface area contributed by atoms with Crippen LogP contribution in [0.4, 0.5) is 0 Å². The molecule has 1 heterocycles. The van der Waals surface area contributed by atoms with Crippen LogP contribution in [-0.4, -0.2) is 6.79 Å². The van der Waals surface area contributed by atoms with Crippen LogP contribution in [0.2, 0.25) is 0 Å². The van der Waals surface area contributed by atoms with Crippen molar-refractivity contribution in [2.24, 2.45) is 0 Å². The lowest BCUT2D eigenvalue weighted by atomic mass is 9.79. The van der Waals surface area contributed by atoms with E-state index in [1.165, 1.54) is 16.7 Å². The van der Waals surface area contributed by atoms with Crippen molar-refractivity contribution in [2.75, 3.05) is 6.79 Å². The Kier molecular flexibility index (Phi) is 3.86. The fourth-order valence-corrected chi connectivity index (χ4v) is 2.95. The fraction of sp³-hybridized carbons (Fsp3) is 0.400. The van der Waals surface area contributed by atoms with Crippen LogP contribution in [0, 0.1) is 0 Å². The zero-order valence-corrected chi connectivity index (χ0v) is 13.8. The maximum Gasteiger partial charge on any atom is 0.231 e. The van der Waals surface area contributed by atoms with E-state index in [2.05, 4.69) is 64.1 Å². The van der Waals surface area contributed by atoms with Gasteiger partial charge in [0, 0.05) is 0 Å². The Bertz CT molecular complexity index is 654. The average Bonchev–Trinajstić information content (AvgIpc) is 2.94. The molecule has 0 spiro atoms. The molecule has 3 rings (SSSR count). The van der Waals surface area contributed by atoms with Crippen LogP contribution in [-0.2, 0) is 11.8 Å². The molecule has 116 valence electrons. The Balaban J connectivity index is 1.80. The maximum atomic E-state index is 5.50. The summed E-state index contributed by atoms with van der Waals surface area (Å²) in [7, 11) is 0. The first-order valence-electron chi connectivity index (χ1n) is 7.95. The molecule has 22 heavy (non-hydrogen) atoms. The van der Waals surface area contributed by atoms with E-state index in [9.17, 15) is 0 Å². The number of hydrogen-bond acceptors (Lipinski definition) is 2. The summed E-state index contributed by atoms with van der Waals surface area (Å²) >= 11 is 0. The molecule has 1 aliphatic rings. The highest BCUT2D eigenvalue weighted by molar-refractivity contribution is 5.46. The van der Waals surface area contributed by atoms with Gasteiger partial charge >= 0.3 is 0 Å². The van der Waals surface area contributed by atoms with Crippen molar-refractivity contribution >= 4 is 0 Å². The molecular formula is C20H24O2. The molecular weight excluding hydrogens is 272 g/mol. The van der Waals surface area contributed by atoms with Crippen molar-refractivity contribution in [3.8, 4) is 11.5 Å². The van der Waals surface area contributed by atoms with Gasteiger partial charge in [0.15, 0.2) is 11.5 Å². The van der Waals surface area contributed by atoms with E-state index in [-0.39, 0.29) is 5.41 Å². The van der Waals surface area contributed by atoms with E-state index >= 15 is 0 Å². The first kappa shape index (κ1) is 15.0. The monoisotopic (exact) mass is 296 g/mol. The van der Waals surface area contributed by atoms with E-state index in [4.69, 9.17) is 9.47 Å². The van der Waals surface area contributed by atoms with E-state index < -0.39 is 0 Å². The normalized spacial score (nSPS) is 13.7. The SMILES string of the molecule is CC(C)c1ccc(CC(C)(C)c2ccc3c(c2)OCO3)cc1. The molecule has 0 radical (unpaired) electrons. The minimum absolute atomic E-state index is 0.0559. The summed E-state index contributed by atoms with van der Waals surface area (Å²) in [5.41, 5.74) is 4.10. The van der Waals surface area contributed by atoms with Gasteiger partial charge in [0.25, 0.3) is 0 Å². The minimum Gasteiger partial charge on any atom is -0.454 e. The highest BCUT2D eigenvalue weighted by Gasteiger charge is 2.24. The van der Waals surface area contributed by atoms with Crippen molar-refractivity contribution in [1.82, 2.24) is 0 Å². The third-order valence-corrected chi connectivity index (χ3v) is 4.45. The van der Waals surface area contributed by atoms with E-state index in [1.54, 1.807) is 0 Å². The van der Waals surface area contributed by atoms with Crippen LogP contribution in [0.25, 0.3) is 0 Å². The average molecular weight is 296 g/mol. The van der Waals surface area contributed by atoms with Gasteiger partial charge < -0.3 is 9.47 Å². The van der Waals surface area contributed by atoms with Gasteiger partial charge in [0.2, 0.25) is 6.79 Å². The number of rotatable bonds is 4. The zero-order valence-electron chi connectivity index (χ0n) is 13.8. The lowest BCUT2D eigenvalue weighted by molar-refractivity contribution is 0.174. The number of fused-ring (bicyclic) bond motifs is 1. The first-order chi connectivity index (χ1) is 10.5. The van der Waals surface area contributed by atoms with E-state index in [0.29, 0.717) is 12.7 Å². The van der Waals surface area contributed by atoms with Crippen molar-refractivity contribution in [3.05, 3.63) is 59.2 Å². The largest absolute Gasteiger partial charge is 0.454 e. The third kappa shape index (κ3) is 2.96. The van der Waals surface area contributed by atoms with E-state index in [0.717, 1.165) is 17.9 Å². The molecule has 2 aromatic rings. The number of hydrogen-bond donors (Lipinski definition) is 0. The number of ether oxygens (including phenoxy) is 2. The van der Waals surface area contributed by atoms with Gasteiger partial charge in [-0.3, -0.25) is 0 Å². The van der Waals surface area contributed by atoms with Gasteiger partial charge in [0.05, 0.1) is 0 Å². The zero-order chi connectivity index (χ0) is 15.7. The molecule has 2 aromatic carbocycles. The van der Waals surface area contributed by atoms with Crippen LogP contribution in [0.1, 0.15) is 50.3 Å². The van der Waals surface area contributed by atoms with Crippen LogP contribution in [0.3, 0.4) is 0 Å². The minimum atomic E-state index is 0.0559. The summed E-state index contributed by atoms with van der Waals surface area (Å²) in [5, 5.41) is 0. The molecule has 1 aliphatic heterocycles. The van der Waals surface area contributed by atoms with Gasteiger partial charge in [0.1, 0.15) is 0 Å². The second kappa shape index (κ2) is 5.68. The fourth-order valence-electron chi connectivity index (χ4n) is 2.95.